The second kappa shape index (κ2) is 11.9. The third-order valence-corrected chi connectivity index (χ3v) is 7.90. The highest BCUT2D eigenvalue weighted by Gasteiger charge is 2.32. The average molecular weight is 524 g/mol. The van der Waals surface area contributed by atoms with Crippen molar-refractivity contribution in [2.45, 2.75) is 38.3 Å². The molecule has 0 aromatic heterocycles. The number of nitrogens with one attached hydrogen (secondary N) is 1. The molecule has 1 atom stereocenters. The number of sulfonamides is 1. The number of methoxy groups -OCH3 is 1. The lowest BCUT2D eigenvalue weighted by atomic mass is 10.1. The summed E-state index contributed by atoms with van der Waals surface area (Å²) >= 11 is 0. The van der Waals surface area contributed by atoms with E-state index in [1.165, 1.54) is 24.1 Å². The van der Waals surface area contributed by atoms with Crippen LogP contribution in [0.2, 0.25) is 0 Å². The number of hydrogen-bond donors (Lipinski definition) is 1. The van der Waals surface area contributed by atoms with Crippen molar-refractivity contribution in [1.29, 1.82) is 0 Å². The first-order chi connectivity index (χ1) is 17.6. The quantitative estimate of drug-likeness (QED) is 0.438. The molecule has 3 aromatic carbocycles. The lowest BCUT2D eigenvalue weighted by Crippen LogP contribution is -2.50. The van der Waals surface area contributed by atoms with Gasteiger partial charge in [0, 0.05) is 13.6 Å². The van der Waals surface area contributed by atoms with Gasteiger partial charge in [-0.2, -0.15) is 0 Å². The molecule has 1 unspecified atom stereocenters. The maximum absolute atomic E-state index is 13.8. The van der Waals surface area contributed by atoms with E-state index in [2.05, 4.69) is 5.32 Å². The number of ether oxygens (including phenoxy) is 1. The summed E-state index contributed by atoms with van der Waals surface area (Å²) in [5, 5.41) is 2.57. The minimum atomic E-state index is -4.08. The van der Waals surface area contributed by atoms with Gasteiger partial charge in [-0.1, -0.05) is 47.5 Å². The predicted molar refractivity (Wildman–Crippen MR) is 144 cm³/mol. The Hall–Kier alpha value is -3.85. The molecule has 2 amide bonds. The zero-order valence-corrected chi connectivity index (χ0v) is 22.6. The van der Waals surface area contributed by atoms with Gasteiger partial charge in [-0.3, -0.25) is 13.9 Å². The molecule has 0 radical (unpaired) electrons. The molecule has 0 spiro atoms. The van der Waals surface area contributed by atoms with Gasteiger partial charge in [0.2, 0.25) is 11.8 Å². The van der Waals surface area contributed by atoms with Gasteiger partial charge in [-0.15, -0.1) is 0 Å². The van der Waals surface area contributed by atoms with E-state index in [0.717, 1.165) is 21.0 Å². The van der Waals surface area contributed by atoms with Crippen molar-refractivity contribution in [2.75, 3.05) is 25.0 Å². The number of carbonyl (C=O) groups excluding carboxylic acids is 2. The smallest absolute Gasteiger partial charge is 0.264 e. The second-order valence-corrected chi connectivity index (χ2v) is 10.7. The van der Waals surface area contributed by atoms with Crippen molar-refractivity contribution in [3.05, 3.63) is 89.5 Å². The van der Waals surface area contributed by atoms with Crippen LogP contribution in [0, 0.1) is 13.8 Å². The standard InChI is InChI=1S/C28H33N3O5S/c1-20-9-13-24(14-10-20)31(37(34,35)26-15-11-21(2)12-16-26)19-27(32)30(22(3)28(33)29-4)18-23-7-6-8-25(17-23)36-5/h6-17,22H,18-19H2,1-5H3,(H,29,33). The molecule has 3 rings (SSSR count). The molecule has 0 bridgehead atoms. The highest BCUT2D eigenvalue weighted by Crippen LogP contribution is 2.25. The fourth-order valence-corrected chi connectivity index (χ4v) is 5.25. The zero-order valence-electron chi connectivity index (χ0n) is 21.8. The summed E-state index contributed by atoms with van der Waals surface area (Å²) in [5.41, 5.74) is 2.97. The molecule has 8 nitrogen and oxygen atoms in total. The van der Waals surface area contributed by atoms with Gasteiger partial charge in [0.25, 0.3) is 10.0 Å². The van der Waals surface area contributed by atoms with E-state index >= 15 is 0 Å². The van der Waals surface area contributed by atoms with Crippen molar-refractivity contribution in [2.24, 2.45) is 0 Å². The summed E-state index contributed by atoms with van der Waals surface area (Å²) in [6.45, 7) is 4.99. The molecule has 0 fully saturated rings. The highest BCUT2D eigenvalue weighted by atomic mass is 32.2. The molecule has 37 heavy (non-hydrogen) atoms. The first-order valence-corrected chi connectivity index (χ1v) is 13.3. The Morgan fingerprint density at radius 2 is 1.54 bits per heavy atom. The molecule has 0 aliphatic carbocycles. The van der Waals surface area contributed by atoms with Crippen LogP contribution in [0.4, 0.5) is 5.69 Å². The Bertz CT molecular complexity index is 1340. The van der Waals surface area contributed by atoms with Crippen molar-refractivity contribution < 1.29 is 22.7 Å². The number of benzene rings is 3. The minimum Gasteiger partial charge on any atom is -0.497 e. The van der Waals surface area contributed by atoms with Crippen LogP contribution in [0.3, 0.4) is 0 Å². The number of nitrogens with zero attached hydrogens (tertiary/aromatic N) is 2. The Morgan fingerprint density at radius 1 is 0.946 bits per heavy atom. The lowest BCUT2D eigenvalue weighted by molar-refractivity contribution is -0.139. The summed E-state index contributed by atoms with van der Waals surface area (Å²) in [4.78, 5) is 27.8. The number of hydrogen-bond acceptors (Lipinski definition) is 5. The van der Waals surface area contributed by atoms with Gasteiger partial charge in [-0.05, 0) is 62.7 Å². The molecule has 3 aromatic rings. The Balaban J connectivity index is 2.02. The van der Waals surface area contributed by atoms with Crippen LogP contribution in [0.5, 0.6) is 5.75 Å². The molecule has 9 heteroatoms. The minimum absolute atomic E-state index is 0.0742. The summed E-state index contributed by atoms with van der Waals surface area (Å²) in [7, 11) is -1.04. The van der Waals surface area contributed by atoms with Gasteiger partial charge in [0.15, 0.2) is 0 Å². The summed E-state index contributed by atoms with van der Waals surface area (Å²) in [5.74, 6) is -0.268. The predicted octanol–water partition coefficient (Wildman–Crippen LogP) is 3.67. The van der Waals surface area contributed by atoms with E-state index in [0.29, 0.717) is 11.4 Å². The first-order valence-electron chi connectivity index (χ1n) is 11.9. The third kappa shape index (κ3) is 6.68. The molecule has 196 valence electrons. The zero-order chi connectivity index (χ0) is 27.2. The Labute approximate surface area is 218 Å². The topological polar surface area (TPSA) is 96.0 Å². The number of amides is 2. The molecule has 0 saturated heterocycles. The lowest BCUT2D eigenvalue weighted by Gasteiger charge is -2.32. The average Bonchev–Trinajstić information content (AvgIpc) is 2.90. The summed E-state index contributed by atoms with van der Waals surface area (Å²) in [6.07, 6.45) is 0. The SMILES string of the molecule is CNC(=O)C(C)N(Cc1cccc(OC)c1)C(=O)CN(c1ccc(C)cc1)S(=O)(=O)c1ccc(C)cc1. The fourth-order valence-electron chi connectivity index (χ4n) is 3.84. The molecule has 0 saturated carbocycles. The van der Waals surface area contributed by atoms with E-state index in [9.17, 15) is 18.0 Å². The van der Waals surface area contributed by atoms with Crippen LogP contribution >= 0.6 is 0 Å². The van der Waals surface area contributed by atoms with Crippen LogP contribution in [0.15, 0.2) is 77.7 Å². The van der Waals surface area contributed by atoms with Crippen molar-refractivity contribution in [3.8, 4) is 5.75 Å². The number of rotatable bonds is 10. The molecule has 0 aliphatic rings. The fraction of sp³-hybridized carbons (Fsp3) is 0.286. The Kier molecular flexibility index (Phi) is 8.94. The van der Waals surface area contributed by atoms with Gasteiger partial charge < -0.3 is 15.0 Å². The van der Waals surface area contributed by atoms with E-state index in [1.807, 2.05) is 19.9 Å². The van der Waals surface area contributed by atoms with Crippen molar-refractivity contribution in [3.63, 3.8) is 0 Å². The van der Waals surface area contributed by atoms with Crippen LogP contribution < -0.4 is 14.4 Å². The highest BCUT2D eigenvalue weighted by molar-refractivity contribution is 7.92. The van der Waals surface area contributed by atoms with Gasteiger partial charge in [-0.25, -0.2) is 8.42 Å². The molecular weight excluding hydrogens is 490 g/mol. The van der Waals surface area contributed by atoms with E-state index < -0.39 is 28.5 Å². The third-order valence-electron chi connectivity index (χ3n) is 6.11. The molecule has 1 N–H and O–H groups in total. The van der Waals surface area contributed by atoms with Crippen LogP contribution in [-0.2, 0) is 26.2 Å². The molecular formula is C28H33N3O5S. The molecule has 0 heterocycles. The number of aryl methyl sites for hydroxylation is 2. The summed E-state index contributed by atoms with van der Waals surface area (Å²) in [6, 6.07) is 19.7. The van der Waals surface area contributed by atoms with Gasteiger partial charge >= 0.3 is 0 Å². The number of carbonyl (C=O) groups is 2. The van der Waals surface area contributed by atoms with E-state index in [-0.39, 0.29) is 17.3 Å². The van der Waals surface area contributed by atoms with Gasteiger partial charge in [0.1, 0.15) is 18.3 Å². The largest absolute Gasteiger partial charge is 0.497 e. The number of likely N-dealkylation sites (N-methyl/N-ethyl adjacent to an activating group) is 1. The summed E-state index contributed by atoms with van der Waals surface area (Å²) < 4.78 is 33.9. The molecule has 0 aliphatic heterocycles. The maximum Gasteiger partial charge on any atom is 0.264 e. The number of anilines is 1. The van der Waals surface area contributed by atoms with Crippen LogP contribution in [0.25, 0.3) is 0 Å². The van der Waals surface area contributed by atoms with Crippen molar-refractivity contribution >= 4 is 27.5 Å². The van der Waals surface area contributed by atoms with Crippen LogP contribution in [0.1, 0.15) is 23.6 Å². The Morgan fingerprint density at radius 3 is 2.11 bits per heavy atom. The maximum atomic E-state index is 13.8. The van der Waals surface area contributed by atoms with E-state index in [1.54, 1.807) is 68.6 Å². The van der Waals surface area contributed by atoms with Crippen LogP contribution in [-0.4, -0.2) is 51.9 Å². The van der Waals surface area contributed by atoms with Crippen molar-refractivity contribution in [1.82, 2.24) is 10.2 Å². The van der Waals surface area contributed by atoms with Gasteiger partial charge in [0.05, 0.1) is 17.7 Å². The monoisotopic (exact) mass is 523 g/mol. The first kappa shape index (κ1) is 27.7. The van der Waals surface area contributed by atoms with E-state index in [4.69, 9.17) is 4.74 Å². The second-order valence-electron chi connectivity index (χ2n) is 8.82. The normalized spacial score (nSPS) is 11.9.